The lowest BCUT2D eigenvalue weighted by atomic mass is 10.0. The van der Waals surface area contributed by atoms with Crippen LogP contribution in [-0.2, 0) is 6.42 Å². The first kappa shape index (κ1) is 14.5. The molecule has 19 heavy (non-hydrogen) atoms. The molecule has 2 rings (SSSR count). The summed E-state index contributed by atoms with van der Waals surface area (Å²) >= 11 is 5.63. The monoisotopic (exact) mass is 430 g/mol. The Kier molecular flexibility index (Phi) is 4.99. The van der Waals surface area contributed by atoms with Gasteiger partial charge in [0.1, 0.15) is 5.75 Å². The Morgan fingerprint density at radius 3 is 2.53 bits per heavy atom. The molecule has 0 heterocycles. The highest BCUT2D eigenvalue weighted by atomic mass is 127. The molecular weight excluding hydrogens is 419 g/mol. The van der Waals surface area contributed by atoms with Crippen LogP contribution >= 0.6 is 38.5 Å². The van der Waals surface area contributed by atoms with E-state index in [1.54, 1.807) is 7.11 Å². The van der Waals surface area contributed by atoms with E-state index in [1.165, 1.54) is 0 Å². The van der Waals surface area contributed by atoms with E-state index in [-0.39, 0.29) is 5.78 Å². The molecule has 0 aliphatic rings. The summed E-state index contributed by atoms with van der Waals surface area (Å²) < 4.78 is 6.99. The van der Waals surface area contributed by atoms with Gasteiger partial charge >= 0.3 is 0 Å². The normalized spacial score (nSPS) is 10.3. The molecule has 0 bridgehead atoms. The molecule has 0 N–H and O–H groups in total. The van der Waals surface area contributed by atoms with Crippen LogP contribution in [0.15, 0.2) is 46.9 Å². The molecule has 0 saturated carbocycles. The second kappa shape index (κ2) is 6.52. The number of carbonyl (C=O) groups excluding carboxylic acids is 1. The number of ketones is 1. The molecule has 0 atom stereocenters. The Morgan fingerprint density at radius 2 is 1.89 bits per heavy atom. The molecule has 2 aromatic rings. The third kappa shape index (κ3) is 3.79. The molecule has 0 fully saturated rings. The zero-order valence-electron chi connectivity index (χ0n) is 10.3. The summed E-state index contributed by atoms with van der Waals surface area (Å²) in [5.74, 6) is 0.905. The standard InChI is InChI=1S/C15H12BrIO2/c1-19-12-5-2-10(3-6-12)8-15(18)13-9-11(17)4-7-14(13)16/h2-7,9H,8H2,1H3. The van der Waals surface area contributed by atoms with Gasteiger partial charge in [0, 0.05) is 20.0 Å². The van der Waals surface area contributed by atoms with Gasteiger partial charge in [-0.25, -0.2) is 0 Å². The summed E-state index contributed by atoms with van der Waals surface area (Å²) in [7, 11) is 1.63. The minimum Gasteiger partial charge on any atom is -0.497 e. The molecular formula is C15H12BrIO2. The van der Waals surface area contributed by atoms with Crippen LogP contribution in [0.25, 0.3) is 0 Å². The van der Waals surface area contributed by atoms with Gasteiger partial charge in [0.25, 0.3) is 0 Å². The van der Waals surface area contributed by atoms with E-state index in [0.29, 0.717) is 6.42 Å². The molecule has 0 saturated heterocycles. The maximum absolute atomic E-state index is 12.3. The molecule has 0 radical (unpaired) electrons. The zero-order chi connectivity index (χ0) is 13.8. The van der Waals surface area contributed by atoms with Gasteiger partial charge in [-0.15, -0.1) is 0 Å². The quantitative estimate of drug-likeness (QED) is 0.527. The van der Waals surface area contributed by atoms with Crippen molar-refractivity contribution in [2.24, 2.45) is 0 Å². The number of hydrogen-bond acceptors (Lipinski definition) is 2. The van der Waals surface area contributed by atoms with Gasteiger partial charge in [0.15, 0.2) is 5.78 Å². The van der Waals surface area contributed by atoms with Crippen LogP contribution in [0.5, 0.6) is 5.75 Å². The van der Waals surface area contributed by atoms with Gasteiger partial charge in [0.2, 0.25) is 0 Å². The number of Topliss-reactive ketones (excluding diaryl/α,β-unsaturated/α-hetero) is 1. The molecule has 0 unspecified atom stereocenters. The van der Waals surface area contributed by atoms with E-state index in [2.05, 4.69) is 38.5 Å². The lowest BCUT2D eigenvalue weighted by molar-refractivity contribution is 0.0992. The average Bonchev–Trinajstić information content (AvgIpc) is 2.42. The van der Waals surface area contributed by atoms with Crippen molar-refractivity contribution in [1.82, 2.24) is 0 Å². The van der Waals surface area contributed by atoms with Crippen LogP contribution in [-0.4, -0.2) is 12.9 Å². The minimum absolute atomic E-state index is 0.107. The van der Waals surface area contributed by atoms with Crippen molar-refractivity contribution in [3.63, 3.8) is 0 Å². The van der Waals surface area contributed by atoms with Crippen molar-refractivity contribution in [2.75, 3.05) is 7.11 Å². The highest BCUT2D eigenvalue weighted by Gasteiger charge is 2.11. The summed E-state index contributed by atoms with van der Waals surface area (Å²) in [6.07, 6.45) is 0.392. The number of rotatable bonds is 4. The van der Waals surface area contributed by atoms with E-state index in [9.17, 15) is 4.79 Å². The first-order valence-corrected chi connectivity index (χ1v) is 7.58. The zero-order valence-corrected chi connectivity index (χ0v) is 14.1. The Morgan fingerprint density at radius 1 is 1.21 bits per heavy atom. The smallest absolute Gasteiger partial charge is 0.168 e. The van der Waals surface area contributed by atoms with Gasteiger partial charge in [-0.1, -0.05) is 28.1 Å². The maximum Gasteiger partial charge on any atom is 0.168 e. The van der Waals surface area contributed by atoms with E-state index < -0.39 is 0 Å². The molecule has 0 aliphatic carbocycles. The second-order valence-corrected chi connectivity index (χ2v) is 6.17. The van der Waals surface area contributed by atoms with Crippen molar-refractivity contribution < 1.29 is 9.53 Å². The lowest BCUT2D eigenvalue weighted by Crippen LogP contribution is -2.05. The van der Waals surface area contributed by atoms with Crippen LogP contribution in [0.4, 0.5) is 0 Å². The topological polar surface area (TPSA) is 26.3 Å². The molecule has 0 aromatic heterocycles. The van der Waals surface area contributed by atoms with E-state index in [1.807, 2.05) is 42.5 Å². The third-order valence-corrected chi connectivity index (χ3v) is 4.12. The number of benzene rings is 2. The summed E-state index contributed by atoms with van der Waals surface area (Å²) in [5, 5.41) is 0. The minimum atomic E-state index is 0.107. The van der Waals surface area contributed by atoms with E-state index in [0.717, 1.165) is 24.9 Å². The molecule has 98 valence electrons. The maximum atomic E-state index is 12.3. The van der Waals surface area contributed by atoms with Crippen molar-refractivity contribution in [3.05, 3.63) is 61.6 Å². The number of carbonyl (C=O) groups is 1. The van der Waals surface area contributed by atoms with Gasteiger partial charge in [-0.05, 0) is 58.5 Å². The number of methoxy groups -OCH3 is 1. The fraction of sp³-hybridized carbons (Fsp3) is 0.133. The molecule has 0 aliphatic heterocycles. The molecule has 4 heteroatoms. The average molecular weight is 431 g/mol. The van der Waals surface area contributed by atoms with Crippen molar-refractivity contribution in [3.8, 4) is 5.75 Å². The Labute approximate surface area is 134 Å². The van der Waals surface area contributed by atoms with Crippen LogP contribution in [0.3, 0.4) is 0 Å². The first-order valence-electron chi connectivity index (χ1n) is 5.71. The van der Waals surface area contributed by atoms with Crippen LogP contribution in [0, 0.1) is 3.57 Å². The van der Waals surface area contributed by atoms with Crippen LogP contribution in [0.2, 0.25) is 0 Å². The summed E-state index contributed by atoms with van der Waals surface area (Å²) in [6.45, 7) is 0. The highest BCUT2D eigenvalue weighted by Crippen LogP contribution is 2.22. The first-order chi connectivity index (χ1) is 9.10. The predicted octanol–water partition coefficient (Wildman–Crippen LogP) is 4.49. The van der Waals surface area contributed by atoms with Gasteiger partial charge in [-0.2, -0.15) is 0 Å². The predicted molar refractivity (Wildman–Crippen MR) is 87.9 cm³/mol. The fourth-order valence-electron chi connectivity index (χ4n) is 1.74. The molecule has 2 aromatic carbocycles. The molecule has 0 amide bonds. The van der Waals surface area contributed by atoms with E-state index >= 15 is 0 Å². The van der Waals surface area contributed by atoms with Gasteiger partial charge < -0.3 is 4.74 Å². The Balaban J connectivity index is 2.18. The van der Waals surface area contributed by atoms with Crippen molar-refractivity contribution in [2.45, 2.75) is 6.42 Å². The van der Waals surface area contributed by atoms with Gasteiger partial charge in [-0.3, -0.25) is 4.79 Å². The van der Waals surface area contributed by atoms with Gasteiger partial charge in [0.05, 0.1) is 7.11 Å². The second-order valence-electron chi connectivity index (χ2n) is 4.07. The molecule has 0 spiro atoms. The SMILES string of the molecule is COc1ccc(CC(=O)c2cc(I)ccc2Br)cc1. The number of hydrogen-bond donors (Lipinski definition) is 0. The highest BCUT2D eigenvalue weighted by molar-refractivity contribution is 14.1. The van der Waals surface area contributed by atoms with Crippen LogP contribution in [0.1, 0.15) is 15.9 Å². The fourth-order valence-corrected chi connectivity index (χ4v) is 2.69. The summed E-state index contributed by atoms with van der Waals surface area (Å²) in [5.41, 5.74) is 1.71. The number of ether oxygens (including phenoxy) is 1. The largest absolute Gasteiger partial charge is 0.497 e. The third-order valence-electron chi connectivity index (χ3n) is 2.75. The Hall–Kier alpha value is -0.880. The Bertz CT molecular complexity index is 594. The summed E-state index contributed by atoms with van der Waals surface area (Å²) in [4.78, 5) is 12.3. The summed E-state index contributed by atoms with van der Waals surface area (Å²) in [6, 6.07) is 13.3. The molecule has 2 nitrogen and oxygen atoms in total. The van der Waals surface area contributed by atoms with E-state index in [4.69, 9.17) is 4.74 Å². The number of halogens is 2. The van der Waals surface area contributed by atoms with Crippen molar-refractivity contribution >= 4 is 44.3 Å². The lowest BCUT2D eigenvalue weighted by Gasteiger charge is -2.06. The van der Waals surface area contributed by atoms with Crippen molar-refractivity contribution in [1.29, 1.82) is 0 Å². The van der Waals surface area contributed by atoms with Crippen LogP contribution < -0.4 is 4.74 Å².